The lowest BCUT2D eigenvalue weighted by Gasteiger charge is -2.03. The van der Waals surface area contributed by atoms with Crippen molar-refractivity contribution in [2.24, 2.45) is 7.05 Å². The molecule has 0 aliphatic carbocycles. The minimum absolute atomic E-state index is 0.0168. The van der Waals surface area contributed by atoms with Crippen LogP contribution in [0.2, 0.25) is 0 Å². The second kappa shape index (κ2) is 3.21. The van der Waals surface area contributed by atoms with Gasteiger partial charge in [0, 0.05) is 19.4 Å². The Morgan fingerprint density at radius 3 is 2.67 bits per heavy atom. The molecule has 0 saturated carbocycles. The summed E-state index contributed by atoms with van der Waals surface area (Å²) in [4.78, 5) is 5.78. The normalized spacial score (nSPS) is 11.8. The summed E-state index contributed by atoms with van der Waals surface area (Å²) in [6.07, 6.45) is 2.98. The summed E-state index contributed by atoms with van der Waals surface area (Å²) in [6.45, 7) is 0. The molecule has 0 atom stereocenters. The van der Waals surface area contributed by atoms with Crippen molar-refractivity contribution in [3.05, 3.63) is 12.4 Å². The van der Waals surface area contributed by atoms with Crippen molar-refractivity contribution in [3.8, 4) is 0 Å². The molecule has 0 aliphatic heterocycles. The summed E-state index contributed by atoms with van der Waals surface area (Å²) < 4.78 is 23.9. The second-order valence-electron chi connectivity index (χ2n) is 2.18. The van der Waals surface area contributed by atoms with Crippen LogP contribution in [-0.4, -0.2) is 25.0 Å². The van der Waals surface area contributed by atoms with E-state index >= 15 is 0 Å². The van der Waals surface area contributed by atoms with Gasteiger partial charge in [-0.3, -0.25) is 0 Å². The Balaban J connectivity index is 3.06. The lowest BCUT2D eigenvalue weighted by atomic mass is 10.9. The molecule has 1 heterocycles. The highest BCUT2D eigenvalue weighted by atomic mass is 32.2. The van der Waals surface area contributed by atoms with Crippen LogP contribution in [-0.2, 0) is 17.1 Å². The Hall–Kier alpha value is -0.920. The monoisotopic (exact) mass is 190 g/mol. The van der Waals surface area contributed by atoms with E-state index in [0.29, 0.717) is 0 Å². The Labute approximate surface area is 70.6 Å². The zero-order chi connectivity index (χ0) is 9.19. The minimum atomic E-state index is -3.51. The molecule has 0 spiro atoms. The zero-order valence-electron chi connectivity index (χ0n) is 6.77. The first kappa shape index (κ1) is 9.17. The molecular weight excluding hydrogens is 180 g/mol. The molecule has 1 aromatic heterocycles. The van der Waals surface area contributed by atoms with Crippen LogP contribution >= 0.6 is 0 Å². The average molecular weight is 190 g/mol. The Morgan fingerprint density at radius 1 is 1.58 bits per heavy atom. The van der Waals surface area contributed by atoms with E-state index in [2.05, 4.69) is 15.2 Å². The van der Waals surface area contributed by atoms with Gasteiger partial charge in [-0.05, 0) is 7.05 Å². The molecule has 0 bridgehead atoms. The summed E-state index contributed by atoms with van der Waals surface area (Å²) in [5.41, 5.74) is 2.33. The summed E-state index contributed by atoms with van der Waals surface area (Å²) in [5, 5.41) is -0.0168. The number of aromatic nitrogens is 2. The number of hydrazine groups is 1. The quantitative estimate of drug-likeness (QED) is 0.589. The number of aryl methyl sites for hydroxylation is 1. The standard InChI is InChI=1S/C5H10N4O2S/c1-6-8-12(10,11)5-7-3-4-9(5)2/h3-4,6,8H,1-2H3. The summed E-state index contributed by atoms with van der Waals surface area (Å²) in [7, 11) is -0.426. The predicted molar refractivity (Wildman–Crippen MR) is 42.6 cm³/mol. The third kappa shape index (κ3) is 1.63. The molecule has 6 nitrogen and oxygen atoms in total. The number of imidazole rings is 1. The molecular formula is C5H10N4O2S. The number of nitrogens with zero attached hydrogens (tertiary/aromatic N) is 2. The van der Waals surface area contributed by atoms with Gasteiger partial charge in [0.25, 0.3) is 10.0 Å². The lowest BCUT2D eigenvalue weighted by molar-refractivity contribution is 0.554. The van der Waals surface area contributed by atoms with Gasteiger partial charge in [0.05, 0.1) is 0 Å². The maximum atomic E-state index is 11.3. The maximum absolute atomic E-state index is 11.3. The molecule has 0 amide bonds. The number of nitrogens with one attached hydrogen (secondary N) is 2. The number of rotatable bonds is 3. The van der Waals surface area contributed by atoms with Gasteiger partial charge in [-0.15, -0.1) is 4.83 Å². The van der Waals surface area contributed by atoms with Crippen molar-refractivity contribution < 1.29 is 8.42 Å². The number of hydrogen-bond acceptors (Lipinski definition) is 4. The van der Waals surface area contributed by atoms with Gasteiger partial charge in [-0.1, -0.05) is 0 Å². The van der Waals surface area contributed by atoms with Gasteiger partial charge in [0.15, 0.2) is 0 Å². The lowest BCUT2D eigenvalue weighted by Crippen LogP contribution is -2.35. The van der Waals surface area contributed by atoms with E-state index in [0.717, 1.165) is 0 Å². The molecule has 68 valence electrons. The summed E-state index contributed by atoms with van der Waals surface area (Å²) in [6, 6.07) is 0. The smallest absolute Gasteiger partial charge is 0.287 e. The van der Waals surface area contributed by atoms with Crippen molar-refractivity contribution in [1.29, 1.82) is 0 Å². The molecule has 12 heavy (non-hydrogen) atoms. The van der Waals surface area contributed by atoms with E-state index in [-0.39, 0.29) is 5.16 Å². The van der Waals surface area contributed by atoms with Crippen molar-refractivity contribution in [3.63, 3.8) is 0 Å². The number of hydrogen-bond donors (Lipinski definition) is 2. The first-order valence-corrected chi connectivity index (χ1v) is 4.72. The van der Waals surface area contributed by atoms with E-state index in [1.165, 1.54) is 17.8 Å². The molecule has 0 unspecified atom stereocenters. The van der Waals surface area contributed by atoms with E-state index in [4.69, 9.17) is 0 Å². The third-order valence-corrected chi connectivity index (χ3v) is 2.60. The van der Waals surface area contributed by atoms with Crippen LogP contribution in [0.4, 0.5) is 0 Å². The molecule has 0 aliphatic rings. The molecule has 0 radical (unpaired) electrons. The molecule has 0 saturated heterocycles. The fourth-order valence-corrected chi connectivity index (χ4v) is 1.79. The zero-order valence-corrected chi connectivity index (χ0v) is 7.59. The van der Waals surface area contributed by atoms with Crippen molar-refractivity contribution in [2.75, 3.05) is 7.05 Å². The first-order valence-electron chi connectivity index (χ1n) is 3.24. The first-order chi connectivity index (χ1) is 5.58. The third-order valence-electron chi connectivity index (χ3n) is 1.25. The minimum Gasteiger partial charge on any atom is -0.324 e. The van der Waals surface area contributed by atoms with Gasteiger partial charge < -0.3 is 4.57 Å². The van der Waals surface area contributed by atoms with Crippen LogP contribution < -0.4 is 10.3 Å². The van der Waals surface area contributed by atoms with Crippen molar-refractivity contribution in [1.82, 2.24) is 19.8 Å². The van der Waals surface area contributed by atoms with Gasteiger partial charge >= 0.3 is 0 Å². The van der Waals surface area contributed by atoms with Crippen LogP contribution in [0.3, 0.4) is 0 Å². The van der Waals surface area contributed by atoms with Crippen molar-refractivity contribution in [2.45, 2.75) is 5.16 Å². The Kier molecular flexibility index (Phi) is 2.46. The highest BCUT2D eigenvalue weighted by Crippen LogP contribution is 2.01. The van der Waals surface area contributed by atoms with E-state index in [1.807, 2.05) is 0 Å². The molecule has 1 rings (SSSR count). The topological polar surface area (TPSA) is 76.0 Å². The van der Waals surface area contributed by atoms with Gasteiger partial charge in [0.1, 0.15) is 0 Å². The SMILES string of the molecule is CNNS(=O)(=O)c1nccn1C. The molecule has 1 aromatic rings. The molecule has 0 aromatic carbocycles. The predicted octanol–water partition coefficient (Wildman–Crippen LogP) is -1.17. The van der Waals surface area contributed by atoms with Gasteiger partial charge in [-0.25, -0.2) is 18.8 Å². The summed E-state index contributed by atoms with van der Waals surface area (Å²) >= 11 is 0. The van der Waals surface area contributed by atoms with E-state index < -0.39 is 10.0 Å². The molecule has 7 heteroatoms. The highest BCUT2D eigenvalue weighted by molar-refractivity contribution is 7.89. The van der Waals surface area contributed by atoms with Crippen LogP contribution in [0.25, 0.3) is 0 Å². The fraction of sp³-hybridized carbons (Fsp3) is 0.400. The van der Waals surface area contributed by atoms with Crippen LogP contribution in [0.5, 0.6) is 0 Å². The molecule has 2 N–H and O–H groups in total. The van der Waals surface area contributed by atoms with Gasteiger partial charge in [-0.2, -0.15) is 0 Å². The van der Waals surface area contributed by atoms with Crippen LogP contribution in [0.15, 0.2) is 17.6 Å². The Morgan fingerprint density at radius 2 is 2.25 bits per heavy atom. The maximum Gasteiger partial charge on any atom is 0.287 e. The fourth-order valence-electron chi connectivity index (χ4n) is 0.791. The summed E-state index contributed by atoms with van der Waals surface area (Å²) in [5.74, 6) is 0. The number of sulfonamides is 1. The Bertz CT molecular complexity index is 355. The van der Waals surface area contributed by atoms with Crippen LogP contribution in [0.1, 0.15) is 0 Å². The highest BCUT2D eigenvalue weighted by Gasteiger charge is 2.17. The van der Waals surface area contributed by atoms with Crippen LogP contribution in [0, 0.1) is 0 Å². The van der Waals surface area contributed by atoms with E-state index in [1.54, 1.807) is 13.2 Å². The van der Waals surface area contributed by atoms with Gasteiger partial charge in [0.2, 0.25) is 5.16 Å². The van der Waals surface area contributed by atoms with E-state index in [9.17, 15) is 8.42 Å². The largest absolute Gasteiger partial charge is 0.324 e. The average Bonchev–Trinajstić information content (AvgIpc) is 2.35. The second-order valence-corrected chi connectivity index (χ2v) is 3.75. The van der Waals surface area contributed by atoms with Crippen molar-refractivity contribution >= 4 is 10.0 Å². The molecule has 0 fully saturated rings.